The zero-order valence-corrected chi connectivity index (χ0v) is 16.7. The van der Waals surface area contributed by atoms with Gasteiger partial charge < -0.3 is 4.74 Å². The number of ether oxygens (including phenoxy) is 1. The third-order valence-electron chi connectivity index (χ3n) is 4.58. The average Bonchev–Trinajstić information content (AvgIpc) is 2.92. The van der Waals surface area contributed by atoms with E-state index in [4.69, 9.17) is 4.74 Å². The van der Waals surface area contributed by atoms with Gasteiger partial charge in [0.05, 0.1) is 17.5 Å². The number of hydrogen-bond donors (Lipinski definition) is 1. The van der Waals surface area contributed by atoms with Crippen LogP contribution in [0.5, 0.6) is 0 Å². The molecule has 0 saturated carbocycles. The first kappa shape index (κ1) is 20.0. The molecule has 0 bridgehead atoms. The maximum Gasteiger partial charge on any atom is 0.417 e. The van der Waals surface area contributed by atoms with Crippen LogP contribution in [-0.2, 0) is 19.6 Å². The van der Waals surface area contributed by atoms with Crippen molar-refractivity contribution in [1.82, 2.24) is 9.62 Å². The number of hydrogen-bond acceptors (Lipinski definition) is 5. The van der Waals surface area contributed by atoms with Crippen molar-refractivity contribution in [2.45, 2.75) is 31.7 Å². The van der Waals surface area contributed by atoms with Gasteiger partial charge in [0.1, 0.15) is 0 Å². The number of nitrogens with zero attached hydrogens (tertiary/aromatic N) is 1. The molecule has 0 spiro atoms. The van der Waals surface area contributed by atoms with E-state index in [1.165, 1.54) is 0 Å². The highest BCUT2D eigenvalue weighted by atomic mass is 32.2. The molecule has 0 aromatic heterocycles. The molecule has 3 rings (SSSR count). The summed E-state index contributed by atoms with van der Waals surface area (Å²) in [5.41, 5.74) is 2.88. The van der Waals surface area contributed by atoms with Gasteiger partial charge in [-0.1, -0.05) is 48.0 Å². The molecule has 2 aromatic rings. The smallest absolute Gasteiger partial charge is 0.417 e. The number of amides is 2. The summed E-state index contributed by atoms with van der Waals surface area (Å²) in [5, 5.41) is 0. The van der Waals surface area contributed by atoms with Crippen molar-refractivity contribution in [1.29, 1.82) is 0 Å². The molecule has 28 heavy (non-hydrogen) atoms. The second-order valence-corrected chi connectivity index (χ2v) is 8.52. The monoisotopic (exact) mass is 402 g/mol. The minimum atomic E-state index is -3.90. The molecule has 1 atom stereocenters. The summed E-state index contributed by atoms with van der Waals surface area (Å²) in [6, 6.07) is 11.6. The van der Waals surface area contributed by atoms with Gasteiger partial charge in [-0.05, 0) is 37.5 Å². The van der Waals surface area contributed by atoms with Crippen molar-refractivity contribution >= 4 is 22.0 Å². The number of carbonyl (C=O) groups excluding carboxylic acids is 2. The quantitative estimate of drug-likeness (QED) is 0.802. The van der Waals surface area contributed by atoms with Crippen LogP contribution in [0.1, 0.15) is 28.3 Å². The second-order valence-electron chi connectivity index (χ2n) is 6.87. The first-order valence-electron chi connectivity index (χ1n) is 8.81. The Morgan fingerprint density at radius 1 is 1.07 bits per heavy atom. The number of rotatable bonds is 6. The van der Waals surface area contributed by atoms with E-state index in [9.17, 15) is 18.0 Å². The lowest BCUT2D eigenvalue weighted by Crippen LogP contribution is -2.40. The Hall–Kier alpha value is -2.71. The lowest BCUT2D eigenvalue weighted by atomic mass is 10.1. The lowest BCUT2D eigenvalue weighted by Gasteiger charge is -2.24. The molecule has 1 unspecified atom stereocenters. The molecule has 1 aliphatic heterocycles. The number of sulfonamides is 1. The maximum absolute atomic E-state index is 13.2. The van der Waals surface area contributed by atoms with Crippen molar-refractivity contribution in [3.05, 3.63) is 64.7 Å². The molecular formula is C20H22N2O5S. The molecule has 1 saturated heterocycles. The highest BCUT2D eigenvalue weighted by molar-refractivity contribution is 7.89. The normalized spacial score (nSPS) is 15.6. The lowest BCUT2D eigenvalue weighted by molar-refractivity contribution is -0.126. The van der Waals surface area contributed by atoms with E-state index in [0.29, 0.717) is 16.7 Å². The zero-order valence-electron chi connectivity index (χ0n) is 15.9. The minimum Gasteiger partial charge on any atom is -0.439 e. The molecular weight excluding hydrogens is 380 g/mol. The van der Waals surface area contributed by atoms with E-state index in [-0.39, 0.29) is 18.0 Å². The number of imide groups is 1. The van der Waals surface area contributed by atoms with Gasteiger partial charge in [-0.25, -0.2) is 22.8 Å². The first-order valence-corrected chi connectivity index (χ1v) is 10.3. The number of benzene rings is 2. The van der Waals surface area contributed by atoms with Crippen LogP contribution in [0, 0.1) is 20.8 Å². The summed E-state index contributed by atoms with van der Waals surface area (Å²) >= 11 is 0. The van der Waals surface area contributed by atoms with Gasteiger partial charge in [-0.15, -0.1) is 0 Å². The van der Waals surface area contributed by atoms with Gasteiger partial charge >= 0.3 is 6.09 Å². The van der Waals surface area contributed by atoms with E-state index in [1.54, 1.807) is 56.3 Å². The Kier molecular flexibility index (Phi) is 5.53. The van der Waals surface area contributed by atoms with E-state index in [1.807, 2.05) is 6.92 Å². The summed E-state index contributed by atoms with van der Waals surface area (Å²) in [6.07, 6.45) is -0.771. The Labute approximate surface area is 164 Å². The number of cyclic esters (lactones) is 1. The van der Waals surface area contributed by atoms with Gasteiger partial charge in [0, 0.05) is 0 Å². The van der Waals surface area contributed by atoms with Crippen molar-refractivity contribution < 1.29 is 22.7 Å². The molecule has 2 amide bonds. The summed E-state index contributed by atoms with van der Waals surface area (Å²) in [4.78, 5) is 24.9. The fraction of sp³-hybridized carbons (Fsp3) is 0.300. The second kappa shape index (κ2) is 7.73. The Bertz CT molecular complexity index is 979. The molecule has 0 radical (unpaired) electrons. The Balaban J connectivity index is 1.97. The third-order valence-corrected chi connectivity index (χ3v) is 6.35. The van der Waals surface area contributed by atoms with E-state index in [0.717, 1.165) is 10.5 Å². The number of aryl methyl sites for hydroxylation is 3. The van der Waals surface area contributed by atoms with Crippen LogP contribution in [-0.4, -0.2) is 38.5 Å². The molecule has 0 aliphatic carbocycles. The SMILES string of the molecule is Cc1cc(C)c(S(=O)(=O)NC(CN2C(=O)COC2=O)c2ccccc2)c(C)c1. The Morgan fingerprint density at radius 2 is 1.68 bits per heavy atom. The predicted molar refractivity (Wildman–Crippen MR) is 103 cm³/mol. The van der Waals surface area contributed by atoms with Crippen LogP contribution >= 0.6 is 0 Å². The fourth-order valence-corrected chi connectivity index (χ4v) is 5.14. The average molecular weight is 402 g/mol. The van der Waals surface area contributed by atoms with E-state index >= 15 is 0 Å². The largest absolute Gasteiger partial charge is 0.439 e. The first-order chi connectivity index (χ1) is 13.2. The maximum atomic E-state index is 13.2. The molecule has 7 nitrogen and oxygen atoms in total. The van der Waals surface area contributed by atoms with Gasteiger partial charge in [0.15, 0.2) is 6.61 Å². The summed E-state index contributed by atoms with van der Waals surface area (Å²) < 4.78 is 33.8. The van der Waals surface area contributed by atoms with E-state index < -0.39 is 28.1 Å². The predicted octanol–water partition coefficient (Wildman–Crippen LogP) is 2.61. The molecule has 2 aromatic carbocycles. The number of carbonyl (C=O) groups is 2. The topological polar surface area (TPSA) is 92.8 Å². The zero-order chi connectivity index (χ0) is 20.5. The van der Waals surface area contributed by atoms with Crippen molar-refractivity contribution in [2.24, 2.45) is 0 Å². The van der Waals surface area contributed by atoms with Gasteiger partial charge in [-0.2, -0.15) is 0 Å². The van der Waals surface area contributed by atoms with Gasteiger partial charge in [0.2, 0.25) is 10.0 Å². The number of nitrogens with one attached hydrogen (secondary N) is 1. The van der Waals surface area contributed by atoms with Crippen LogP contribution in [0.2, 0.25) is 0 Å². The van der Waals surface area contributed by atoms with Crippen molar-refractivity contribution in [2.75, 3.05) is 13.2 Å². The van der Waals surface area contributed by atoms with Crippen LogP contribution in [0.4, 0.5) is 4.79 Å². The highest BCUT2D eigenvalue weighted by Crippen LogP contribution is 2.25. The summed E-state index contributed by atoms with van der Waals surface area (Å²) in [5.74, 6) is -0.493. The van der Waals surface area contributed by atoms with Crippen LogP contribution < -0.4 is 4.72 Å². The molecule has 1 N–H and O–H groups in total. The Morgan fingerprint density at radius 3 is 2.21 bits per heavy atom. The molecule has 1 heterocycles. The van der Waals surface area contributed by atoms with Crippen LogP contribution in [0.15, 0.2) is 47.4 Å². The molecule has 1 fully saturated rings. The van der Waals surface area contributed by atoms with Crippen LogP contribution in [0.25, 0.3) is 0 Å². The summed E-state index contributed by atoms with van der Waals surface area (Å²) in [7, 11) is -3.90. The van der Waals surface area contributed by atoms with E-state index in [2.05, 4.69) is 4.72 Å². The molecule has 8 heteroatoms. The third kappa shape index (κ3) is 4.07. The fourth-order valence-electron chi connectivity index (χ4n) is 3.47. The molecule has 148 valence electrons. The van der Waals surface area contributed by atoms with Gasteiger partial charge in [0.25, 0.3) is 5.91 Å². The highest BCUT2D eigenvalue weighted by Gasteiger charge is 2.35. The van der Waals surface area contributed by atoms with Crippen molar-refractivity contribution in [3.63, 3.8) is 0 Å². The van der Waals surface area contributed by atoms with Crippen LogP contribution in [0.3, 0.4) is 0 Å². The standard InChI is InChI=1S/C20H22N2O5S/c1-13-9-14(2)19(15(3)10-13)28(25,26)21-17(16-7-5-4-6-8-16)11-22-18(23)12-27-20(22)24/h4-10,17,21H,11-12H2,1-3H3. The summed E-state index contributed by atoms with van der Waals surface area (Å²) in [6.45, 7) is 4.91. The minimum absolute atomic E-state index is 0.148. The molecule has 1 aliphatic rings. The van der Waals surface area contributed by atoms with Gasteiger partial charge in [-0.3, -0.25) is 4.79 Å². The van der Waals surface area contributed by atoms with Crippen molar-refractivity contribution in [3.8, 4) is 0 Å².